The van der Waals surface area contributed by atoms with Crippen molar-refractivity contribution in [3.05, 3.63) is 52.3 Å². The summed E-state index contributed by atoms with van der Waals surface area (Å²) in [5.41, 5.74) is 3.37. The van der Waals surface area contributed by atoms with Crippen LogP contribution in [0.3, 0.4) is 0 Å². The van der Waals surface area contributed by atoms with Crippen LogP contribution in [-0.4, -0.2) is 16.5 Å². The maximum atomic E-state index is 12.6. The second-order valence-corrected chi connectivity index (χ2v) is 5.24. The Labute approximate surface area is 121 Å². The average Bonchev–Trinajstić information content (AvgIpc) is 2.66. The molecule has 0 aliphatic heterocycles. The number of alkyl halides is 3. The molecular weight excluding hydrogens is 279 g/mol. The lowest BCUT2D eigenvalue weighted by Gasteiger charge is -2.14. The van der Waals surface area contributed by atoms with Gasteiger partial charge in [-0.25, -0.2) is 0 Å². The zero-order valence-electron chi connectivity index (χ0n) is 12.3. The van der Waals surface area contributed by atoms with Gasteiger partial charge in [0.2, 0.25) is 0 Å². The Morgan fingerprint density at radius 2 is 1.67 bits per heavy atom. The van der Waals surface area contributed by atoms with E-state index in [0.29, 0.717) is 11.4 Å². The maximum Gasteiger partial charge on any atom is 0.454 e. The number of nitrogens with zero attached hydrogens (tertiary/aromatic N) is 1. The van der Waals surface area contributed by atoms with Gasteiger partial charge in [-0.3, -0.25) is 4.79 Å². The van der Waals surface area contributed by atoms with Crippen LogP contribution in [0, 0.1) is 27.7 Å². The molecule has 0 atom stereocenters. The molecule has 1 aromatic carbocycles. The molecule has 2 rings (SSSR count). The fourth-order valence-electron chi connectivity index (χ4n) is 2.48. The molecule has 0 spiro atoms. The average molecular weight is 295 g/mol. The van der Waals surface area contributed by atoms with E-state index in [9.17, 15) is 18.0 Å². The van der Waals surface area contributed by atoms with Gasteiger partial charge in [-0.1, -0.05) is 12.1 Å². The van der Waals surface area contributed by atoms with E-state index in [1.165, 1.54) is 13.0 Å². The van der Waals surface area contributed by atoms with E-state index in [1.54, 1.807) is 11.5 Å². The highest BCUT2D eigenvalue weighted by Gasteiger charge is 2.41. The van der Waals surface area contributed by atoms with E-state index in [2.05, 4.69) is 0 Å². The quantitative estimate of drug-likeness (QED) is 0.750. The number of hydrogen-bond donors (Lipinski definition) is 0. The number of aromatic nitrogens is 1. The van der Waals surface area contributed by atoms with Crippen LogP contribution in [0.1, 0.15) is 32.9 Å². The van der Waals surface area contributed by atoms with E-state index in [0.717, 1.165) is 16.8 Å². The number of rotatable bonds is 2. The number of aryl methyl sites for hydroxylation is 3. The SMILES string of the molecule is Cc1ccc(C)c(-n2c(C)cc(C(=O)C(F)(F)F)c2C)c1. The minimum absolute atomic E-state index is 0.291. The van der Waals surface area contributed by atoms with E-state index in [4.69, 9.17) is 0 Å². The summed E-state index contributed by atoms with van der Waals surface area (Å²) in [6.07, 6.45) is -4.86. The van der Waals surface area contributed by atoms with Crippen molar-refractivity contribution in [3.63, 3.8) is 0 Å². The highest BCUT2D eigenvalue weighted by atomic mass is 19.4. The molecule has 0 saturated carbocycles. The van der Waals surface area contributed by atoms with Crippen LogP contribution in [0.25, 0.3) is 5.69 Å². The summed E-state index contributed by atoms with van der Waals surface area (Å²) in [6.45, 7) is 7.04. The van der Waals surface area contributed by atoms with Gasteiger partial charge in [0.15, 0.2) is 0 Å². The Morgan fingerprint density at radius 3 is 2.24 bits per heavy atom. The third-order valence-corrected chi connectivity index (χ3v) is 3.54. The van der Waals surface area contributed by atoms with Crippen LogP contribution in [0.15, 0.2) is 24.3 Å². The van der Waals surface area contributed by atoms with Gasteiger partial charge in [0.05, 0.1) is 0 Å². The van der Waals surface area contributed by atoms with Crippen LogP contribution in [0.4, 0.5) is 13.2 Å². The predicted molar refractivity (Wildman–Crippen MR) is 75.1 cm³/mol. The molecular formula is C16H16F3NO. The van der Waals surface area contributed by atoms with Crippen molar-refractivity contribution in [2.45, 2.75) is 33.9 Å². The molecule has 0 bridgehead atoms. The van der Waals surface area contributed by atoms with Crippen LogP contribution >= 0.6 is 0 Å². The molecule has 0 aliphatic carbocycles. The number of ketones is 1. The highest BCUT2D eigenvalue weighted by molar-refractivity contribution is 6.01. The van der Waals surface area contributed by atoms with Crippen molar-refractivity contribution in [2.75, 3.05) is 0 Å². The molecule has 0 amide bonds. The van der Waals surface area contributed by atoms with Crippen molar-refractivity contribution >= 4 is 5.78 Å². The maximum absolute atomic E-state index is 12.6. The third kappa shape index (κ3) is 2.73. The first kappa shape index (κ1) is 15.4. The Kier molecular flexibility index (Phi) is 3.70. The zero-order chi connectivity index (χ0) is 15.9. The van der Waals surface area contributed by atoms with Crippen molar-refractivity contribution in [1.29, 1.82) is 0 Å². The largest absolute Gasteiger partial charge is 0.454 e. The Balaban J connectivity index is 2.65. The number of Topliss-reactive ketones (excluding diaryl/α,β-unsaturated/α-hetero) is 1. The standard InChI is InChI=1S/C16H16F3NO/c1-9-5-6-10(2)14(7-9)20-11(3)8-13(12(20)4)15(21)16(17,18)19/h5-8H,1-4H3. The molecule has 5 heteroatoms. The lowest BCUT2D eigenvalue weighted by molar-refractivity contribution is -0.0885. The lowest BCUT2D eigenvalue weighted by atomic mass is 10.1. The van der Waals surface area contributed by atoms with E-state index in [1.807, 2.05) is 32.0 Å². The summed E-state index contributed by atoms with van der Waals surface area (Å²) >= 11 is 0. The van der Waals surface area contributed by atoms with Crippen molar-refractivity contribution in [2.24, 2.45) is 0 Å². The minimum Gasteiger partial charge on any atom is -0.317 e. The van der Waals surface area contributed by atoms with Crippen LogP contribution < -0.4 is 0 Å². The first-order valence-corrected chi connectivity index (χ1v) is 6.51. The van der Waals surface area contributed by atoms with Crippen LogP contribution in [-0.2, 0) is 0 Å². The summed E-state index contributed by atoms with van der Waals surface area (Å²) in [7, 11) is 0. The van der Waals surface area contributed by atoms with Crippen LogP contribution in [0.2, 0.25) is 0 Å². The second kappa shape index (κ2) is 5.06. The van der Waals surface area contributed by atoms with Crippen molar-refractivity contribution < 1.29 is 18.0 Å². The molecule has 0 N–H and O–H groups in total. The van der Waals surface area contributed by atoms with Gasteiger partial charge in [-0.15, -0.1) is 0 Å². The molecule has 2 aromatic rings. The summed E-state index contributed by atoms with van der Waals surface area (Å²) in [4.78, 5) is 11.5. The lowest BCUT2D eigenvalue weighted by Crippen LogP contribution is -2.23. The molecule has 21 heavy (non-hydrogen) atoms. The Morgan fingerprint density at radius 1 is 1.05 bits per heavy atom. The molecule has 0 fully saturated rings. The smallest absolute Gasteiger partial charge is 0.317 e. The van der Waals surface area contributed by atoms with E-state index in [-0.39, 0.29) is 5.56 Å². The molecule has 1 heterocycles. The third-order valence-electron chi connectivity index (χ3n) is 3.54. The predicted octanol–water partition coefficient (Wildman–Crippen LogP) is 4.46. The van der Waals surface area contributed by atoms with Gasteiger partial charge in [0.25, 0.3) is 5.78 Å². The topological polar surface area (TPSA) is 22.0 Å². The van der Waals surface area contributed by atoms with E-state index >= 15 is 0 Å². The molecule has 2 nitrogen and oxygen atoms in total. The van der Waals surface area contributed by atoms with Gasteiger partial charge in [0.1, 0.15) is 0 Å². The van der Waals surface area contributed by atoms with Gasteiger partial charge in [-0.2, -0.15) is 13.2 Å². The number of halogens is 3. The number of carbonyl (C=O) groups excluding carboxylic acids is 1. The molecule has 1 aromatic heterocycles. The van der Waals surface area contributed by atoms with Crippen molar-refractivity contribution in [1.82, 2.24) is 4.57 Å². The monoisotopic (exact) mass is 295 g/mol. The molecule has 0 aliphatic rings. The molecule has 0 saturated heterocycles. The normalized spacial score (nSPS) is 11.8. The van der Waals surface area contributed by atoms with Gasteiger partial charge in [-0.05, 0) is 51.0 Å². The van der Waals surface area contributed by atoms with Crippen molar-refractivity contribution in [3.8, 4) is 5.69 Å². The number of hydrogen-bond acceptors (Lipinski definition) is 1. The second-order valence-electron chi connectivity index (χ2n) is 5.24. The zero-order valence-corrected chi connectivity index (χ0v) is 12.3. The van der Waals surface area contributed by atoms with E-state index < -0.39 is 12.0 Å². The highest BCUT2D eigenvalue weighted by Crippen LogP contribution is 2.29. The molecule has 112 valence electrons. The Hall–Kier alpha value is -2.04. The van der Waals surface area contributed by atoms with Gasteiger partial charge in [0, 0.05) is 22.6 Å². The summed E-state index contributed by atoms with van der Waals surface area (Å²) in [5.74, 6) is -1.80. The minimum atomic E-state index is -4.86. The number of carbonyl (C=O) groups is 1. The summed E-state index contributed by atoms with van der Waals surface area (Å²) in [6, 6.07) is 7.05. The van der Waals surface area contributed by atoms with Gasteiger partial charge < -0.3 is 4.57 Å². The summed E-state index contributed by atoms with van der Waals surface area (Å²) < 4.78 is 39.6. The first-order chi connectivity index (χ1) is 9.62. The van der Waals surface area contributed by atoms with Crippen LogP contribution in [0.5, 0.6) is 0 Å². The Bertz CT molecular complexity index is 711. The molecule has 0 unspecified atom stereocenters. The summed E-state index contributed by atoms with van der Waals surface area (Å²) in [5, 5.41) is 0. The first-order valence-electron chi connectivity index (χ1n) is 6.51. The fourth-order valence-corrected chi connectivity index (χ4v) is 2.48. The number of benzene rings is 1. The fraction of sp³-hybridized carbons (Fsp3) is 0.312. The van der Waals surface area contributed by atoms with Gasteiger partial charge >= 0.3 is 6.18 Å². The molecule has 0 radical (unpaired) electrons.